The lowest BCUT2D eigenvalue weighted by atomic mass is 10.2. The molecular formula is C21H21N3O3S3. The van der Waals surface area contributed by atoms with E-state index >= 15 is 0 Å². The van der Waals surface area contributed by atoms with E-state index in [0.29, 0.717) is 27.9 Å². The van der Waals surface area contributed by atoms with Gasteiger partial charge in [0.2, 0.25) is 15.9 Å². The topological polar surface area (TPSA) is 94.5 Å². The Morgan fingerprint density at radius 1 is 1.27 bits per heavy atom. The highest BCUT2D eigenvalue weighted by Crippen LogP contribution is 2.22. The van der Waals surface area contributed by atoms with E-state index in [0.717, 1.165) is 5.75 Å². The number of thioether (sulfide) groups is 1. The largest absolute Gasteiger partial charge is 0.305 e. The van der Waals surface area contributed by atoms with Crippen LogP contribution in [0.2, 0.25) is 0 Å². The van der Waals surface area contributed by atoms with Crippen LogP contribution < -0.4 is 9.94 Å². The van der Waals surface area contributed by atoms with Gasteiger partial charge < -0.3 is 4.57 Å². The van der Waals surface area contributed by atoms with Crippen LogP contribution in [0.3, 0.4) is 0 Å². The number of aryl methyl sites for hydroxylation is 1. The molecule has 3 aromatic rings. The number of amides is 1. The second-order valence-corrected chi connectivity index (χ2v) is 10.4. The fourth-order valence-electron chi connectivity index (χ4n) is 2.77. The van der Waals surface area contributed by atoms with Crippen LogP contribution in [0.1, 0.15) is 18.4 Å². The molecule has 0 saturated carbocycles. The van der Waals surface area contributed by atoms with Crippen LogP contribution >= 0.6 is 23.1 Å². The SMILES string of the molecule is C#CCn1c(=NC(=O)CCCSc2ccc(C)cc2)sc2cc(S(N)(=O)=O)ccc21. The summed E-state index contributed by atoms with van der Waals surface area (Å²) in [5.41, 5.74) is 1.93. The molecule has 0 fully saturated rings. The standard InChI is InChI=1S/C21H21N3O3S3/c1-3-12-24-18-11-10-17(30(22,26)27)14-19(18)29-21(24)23-20(25)5-4-13-28-16-8-6-15(2)7-9-16/h1,6-11,14H,4-5,12-13H2,2H3,(H2,22,26,27). The molecule has 3 rings (SSSR count). The normalized spacial score (nSPS) is 12.2. The molecule has 30 heavy (non-hydrogen) atoms. The van der Waals surface area contributed by atoms with Crippen molar-refractivity contribution in [3.05, 3.63) is 52.8 Å². The third-order valence-electron chi connectivity index (χ3n) is 4.28. The van der Waals surface area contributed by atoms with Crippen LogP contribution in [0, 0.1) is 19.3 Å². The number of sulfonamides is 1. The molecule has 1 heterocycles. The fraction of sp³-hybridized carbons (Fsp3) is 0.238. The number of terminal acetylenes is 1. The number of nitrogens with zero attached hydrogens (tertiary/aromatic N) is 2. The number of hydrogen-bond donors (Lipinski definition) is 1. The smallest absolute Gasteiger partial charge is 0.248 e. The molecule has 1 aromatic heterocycles. The van der Waals surface area contributed by atoms with Gasteiger partial charge in [-0.25, -0.2) is 13.6 Å². The lowest BCUT2D eigenvalue weighted by molar-refractivity contribution is -0.118. The number of aromatic nitrogens is 1. The highest BCUT2D eigenvalue weighted by atomic mass is 32.2. The molecule has 0 spiro atoms. The van der Waals surface area contributed by atoms with E-state index in [1.165, 1.54) is 33.9 Å². The van der Waals surface area contributed by atoms with Crippen LogP contribution in [-0.4, -0.2) is 24.6 Å². The van der Waals surface area contributed by atoms with Gasteiger partial charge in [0, 0.05) is 11.3 Å². The van der Waals surface area contributed by atoms with E-state index < -0.39 is 10.0 Å². The number of carbonyl (C=O) groups excluding carboxylic acids is 1. The predicted molar refractivity (Wildman–Crippen MR) is 122 cm³/mol. The van der Waals surface area contributed by atoms with Crippen LogP contribution in [0.5, 0.6) is 0 Å². The molecule has 0 aliphatic rings. The Bertz CT molecular complexity index is 1280. The number of rotatable bonds is 7. The number of carbonyl (C=O) groups is 1. The Labute approximate surface area is 183 Å². The summed E-state index contributed by atoms with van der Waals surface area (Å²) in [4.78, 5) is 18.2. The minimum Gasteiger partial charge on any atom is -0.305 e. The molecule has 1 amide bonds. The molecule has 0 aliphatic carbocycles. The first-order valence-electron chi connectivity index (χ1n) is 9.14. The van der Waals surface area contributed by atoms with Gasteiger partial charge in [0.05, 0.1) is 21.7 Å². The maximum Gasteiger partial charge on any atom is 0.248 e. The third kappa shape index (κ3) is 5.61. The third-order valence-corrected chi connectivity index (χ3v) is 7.33. The predicted octanol–water partition coefficient (Wildman–Crippen LogP) is 3.29. The Kier molecular flexibility index (Phi) is 7.15. The van der Waals surface area contributed by atoms with Gasteiger partial charge in [0.1, 0.15) is 0 Å². The summed E-state index contributed by atoms with van der Waals surface area (Å²) in [5.74, 6) is 3.13. The van der Waals surface area contributed by atoms with E-state index in [4.69, 9.17) is 11.6 Å². The van der Waals surface area contributed by atoms with Crippen molar-refractivity contribution >= 4 is 49.2 Å². The molecule has 0 bridgehead atoms. The summed E-state index contributed by atoms with van der Waals surface area (Å²) in [6.07, 6.45) is 6.49. The summed E-state index contributed by atoms with van der Waals surface area (Å²) in [6.45, 7) is 2.27. The Morgan fingerprint density at radius 2 is 2.00 bits per heavy atom. The van der Waals surface area contributed by atoms with Crippen LogP contribution in [0.25, 0.3) is 10.2 Å². The van der Waals surface area contributed by atoms with Gasteiger partial charge >= 0.3 is 0 Å². The van der Waals surface area contributed by atoms with Crippen molar-refractivity contribution in [3.8, 4) is 12.3 Å². The van der Waals surface area contributed by atoms with Gasteiger partial charge in [-0.3, -0.25) is 4.79 Å². The van der Waals surface area contributed by atoms with Gasteiger partial charge in [-0.1, -0.05) is 35.0 Å². The lowest BCUT2D eigenvalue weighted by Gasteiger charge is -2.02. The molecule has 9 heteroatoms. The summed E-state index contributed by atoms with van der Waals surface area (Å²) in [5, 5.41) is 5.21. The first kappa shape index (κ1) is 22.3. The number of benzene rings is 2. The fourth-order valence-corrected chi connectivity index (χ4v) is 5.32. The molecule has 0 atom stereocenters. The molecule has 2 N–H and O–H groups in total. The zero-order valence-electron chi connectivity index (χ0n) is 16.4. The van der Waals surface area contributed by atoms with Crippen molar-refractivity contribution < 1.29 is 13.2 Å². The second-order valence-electron chi connectivity index (χ2n) is 6.62. The summed E-state index contributed by atoms with van der Waals surface area (Å²) < 4.78 is 25.6. The maximum atomic E-state index is 12.4. The Morgan fingerprint density at radius 3 is 2.67 bits per heavy atom. The monoisotopic (exact) mass is 459 g/mol. The molecule has 156 valence electrons. The van der Waals surface area contributed by atoms with E-state index in [1.807, 2.05) is 6.92 Å². The number of primary sulfonamides is 1. The summed E-state index contributed by atoms with van der Waals surface area (Å²) in [6, 6.07) is 12.8. The number of hydrogen-bond acceptors (Lipinski definition) is 5. The van der Waals surface area contributed by atoms with Gasteiger partial charge in [0.15, 0.2) is 4.80 Å². The highest BCUT2D eigenvalue weighted by Gasteiger charge is 2.13. The molecule has 6 nitrogen and oxygen atoms in total. The Hall–Kier alpha value is -2.38. The average Bonchev–Trinajstić information content (AvgIpc) is 3.02. The molecule has 0 saturated heterocycles. The quantitative estimate of drug-likeness (QED) is 0.333. The summed E-state index contributed by atoms with van der Waals surface area (Å²) in [7, 11) is -3.82. The molecule has 0 aliphatic heterocycles. The van der Waals surface area contributed by atoms with Crippen molar-refractivity contribution in [2.45, 2.75) is 36.1 Å². The van der Waals surface area contributed by atoms with Crippen molar-refractivity contribution in [1.29, 1.82) is 0 Å². The molecular weight excluding hydrogens is 438 g/mol. The Balaban J connectivity index is 1.75. The molecule has 0 radical (unpaired) electrons. The van der Waals surface area contributed by atoms with E-state index in [9.17, 15) is 13.2 Å². The second kappa shape index (κ2) is 9.62. The highest BCUT2D eigenvalue weighted by molar-refractivity contribution is 7.99. The number of thiazole rings is 1. The minimum atomic E-state index is -3.82. The van der Waals surface area contributed by atoms with E-state index in [1.54, 1.807) is 22.4 Å². The van der Waals surface area contributed by atoms with E-state index in [2.05, 4.69) is 35.2 Å². The van der Waals surface area contributed by atoms with Crippen molar-refractivity contribution in [2.24, 2.45) is 10.1 Å². The van der Waals surface area contributed by atoms with Crippen LogP contribution in [0.15, 0.2) is 57.2 Å². The van der Waals surface area contributed by atoms with Crippen LogP contribution in [0.4, 0.5) is 0 Å². The maximum absolute atomic E-state index is 12.4. The van der Waals surface area contributed by atoms with Crippen molar-refractivity contribution in [3.63, 3.8) is 0 Å². The number of fused-ring (bicyclic) bond motifs is 1. The first-order valence-corrected chi connectivity index (χ1v) is 12.5. The van der Waals surface area contributed by atoms with Crippen LogP contribution in [-0.2, 0) is 21.4 Å². The molecule has 2 aromatic carbocycles. The van der Waals surface area contributed by atoms with Gasteiger partial charge in [0.25, 0.3) is 0 Å². The van der Waals surface area contributed by atoms with Crippen molar-refractivity contribution in [2.75, 3.05) is 5.75 Å². The van der Waals surface area contributed by atoms with E-state index in [-0.39, 0.29) is 17.3 Å². The lowest BCUT2D eigenvalue weighted by Crippen LogP contribution is -2.16. The number of nitrogens with two attached hydrogens (primary N) is 1. The van der Waals surface area contributed by atoms with Gasteiger partial charge in [-0.05, 0) is 49.4 Å². The first-order chi connectivity index (χ1) is 14.3. The average molecular weight is 460 g/mol. The van der Waals surface area contributed by atoms with Crippen molar-refractivity contribution in [1.82, 2.24) is 4.57 Å². The molecule has 0 unspecified atom stereocenters. The zero-order valence-corrected chi connectivity index (χ0v) is 18.8. The minimum absolute atomic E-state index is 0.00937. The zero-order chi connectivity index (χ0) is 21.7. The van der Waals surface area contributed by atoms with Gasteiger partial charge in [-0.15, -0.1) is 18.2 Å². The summed E-state index contributed by atoms with van der Waals surface area (Å²) >= 11 is 2.92. The van der Waals surface area contributed by atoms with Gasteiger partial charge in [-0.2, -0.15) is 4.99 Å².